The van der Waals surface area contributed by atoms with Gasteiger partial charge in [0, 0.05) is 5.56 Å². The van der Waals surface area contributed by atoms with Crippen LogP contribution in [-0.4, -0.2) is 16.3 Å². The Morgan fingerprint density at radius 2 is 1.50 bits per heavy atom. The lowest BCUT2D eigenvalue weighted by Gasteiger charge is -2.08. The van der Waals surface area contributed by atoms with Gasteiger partial charge in [0.25, 0.3) is 0 Å². The van der Waals surface area contributed by atoms with Crippen molar-refractivity contribution in [2.75, 3.05) is 0 Å². The summed E-state index contributed by atoms with van der Waals surface area (Å²) in [5.41, 5.74) is 5.82. The van der Waals surface area contributed by atoms with E-state index in [1.807, 2.05) is 56.3 Å². The lowest BCUT2D eigenvalue weighted by molar-refractivity contribution is 0.111. The van der Waals surface area contributed by atoms with Crippen LogP contribution in [0.15, 0.2) is 42.5 Å². The van der Waals surface area contributed by atoms with E-state index in [1.54, 1.807) is 0 Å². The van der Waals surface area contributed by atoms with Crippen molar-refractivity contribution >= 4 is 17.3 Å². The summed E-state index contributed by atoms with van der Waals surface area (Å²) in [6, 6.07) is 13.6. The van der Waals surface area contributed by atoms with E-state index in [2.05, 4.69) is 9.97 Å². The Labute approximate surface area is 117 Å². The van der Waals surface area contributed by atoms with Crippen molar-refractivity contribution in [1.82, 2.24) is 9.97 Å². The third kappa shape index (κ3) is 2.07. The molecule has 3 aromatic rings. The zero-order chi connectivity index (χ0) is 14.1. The Balaban J connectivity index is 2.32. The van der Waals surface area contributed by atoms with Crippen molar-refractivity contribution in [3.05, 3.63) is 59.3 Å². The molecule has 0 spiro atoms. The molecule has 3 rings (SSSR count). The van der Waals surface area contributed by atoms with E-state index in [-0.39, 0.29) is 0 Å². The summed E-state index contributed by atoms with van der Waals surface area (Å²) in [4.78, 5) is 20.4. The monoisotopic (exact) mass is 262 g/mol. The summed E-state index contributed by atoms with van der Waals surface area (Å²) in [5.74, 6) is 0. The molecule has 0 fully saturated rings. The van der Waals surface area contributed by atoms with E-state index >= 15 is 0 Å². The maximum absolute atomic E-state index is 11.3. The number of benzene rings is 2. The predicted molar refractivity (Wildman–Crippen MR) is 79.8 cm³/mol. The summed E-state index contributed by atoms with van der Waals surface area (Å²) in [6.45, 7) is 4.08. The van der Waals surface area contributed by atoms with Crippen LogP contribution < -0.4 is 0 Å². The highest BCUT2D eigenvalue weighted by atomic mass is 16.1. The molecular weight excluding hydrogens is 248 g/mol. The number of aromatic nitrogens is 2. The lowest BCUT2D eigenvalue weighted by Crippen LogP contribution is -1.98. The van der Waals surface area contributed by atoms with Crippen LogP contribution in [0.3, 0.4) is 0 Å². The number of aryl methyl sites for hydroxylation is 2. The van der Waals surface area contributed by atoms with E-state index in [4.69, 9.17) is 0 Å². The topological polar surface area (TPSA) is 42.9 Å². The van der Waals surface area contributed by atoms with Crippen molar-refractivity contribution < 1.29 is 4.79 Å². The zero-order valence-electron chi connectivity index (χ0n) is 11.4. The fourth-order valence-corrected chi connectivity index (χ4v) is 2.22. The fraction of sp³-hybridized carbons (Fsp3) is 0.118. The first-order chi connectivity index (χ1) is 9.69. The molecule has 0 atom stereocenters. The number of carbonyl (C=O) groups is 1. The summed E-state index contributed by atoms with van der Waals surface area (Å²) >= 11 is 0. The molecule has 0 unspecified atom stereocenters. The van der Waals surface area contributed by atoms with Gasteiger partial charge in [-0.2, -0.15) is 0 Å². The van der Waals surface area contributed by atoms with Crippen LogP contribution in [0.2, 0.25) is 0 Å². The lowest BCUT2D eigenvalue weighted by atomic mass is 10.1. The minimum absolute atomic E-state index is 0.381. The third-order valence-corrected chi connectivity index (χ3v) is 3.47. The maximum Gasteiger partial charge on any atom is 0.170 e. The first-order valence-electron chi connectivity index (χ1n) is 6.48. The van der Waals surface area contributed by atoms with Gasteiger partial charge in [-0.3, -0.25) is 4.79 Å². The summed E-state index contributed by atoms with van der Waals surface area (Å²) in [5, 5.41) is 0. The molecule has 0 amide bonds. The Morgan fingerprint density at radius 1 is 0.900 bits per heavy atom. The van der Waals surface area contributed by atoms with Crippen molar-refractivity contribution in [3.63, 3.8) is 0 Å². The van der Waals surface area contributed by atoms with E-state index in [0.29, 0.717) is 11.4 Å². The molecule has 3 nitrogen and oxygen atoms in total. The molecule has 0 radical (unpaired) electrons. The van der Waals surface area contributed by atoms with Gasteiger partial charge in [-0.25, -0.2) is 9.97 Å². The number of rotatable bonds is 2. The quantitative estimate of drug-likeness (QED) is 0.661. The highest BCUT2D eigenvalue weighted by Crippen LogP contribution is 2.23. The van der Waals surface area contributed by atoms with Crippen LogP contribution in [0, 0.1) is 13.8 Å². The van der Waals surface area contributed by atoms with E-state index < -0.39 is 0 Å². The first kappa shape index (κ1) is 12.5. The number of hydrogen-bond acceptors (Lipinski definition) is 3. The molecule has 2 aromatic carbocycles. The summed E-state index contributed by atoms with van der Waals surface area (Å²) in [6.07, 6.45) is 0.768. The van der Waals surface area contributed by atoms with Crippen molar-refractivity contribution in [2.45, 2.75) is 13.8 Å². The van der Waals surface area contributed by atoms with Crippen molar-refractivity contribution in [1.29, 1.82) is 0 Å². The molecule has 1 heterocycles. The number of nitrogens with zero attached hydrogens (tertiary/aromatic N) is 2. The van der Waals surface area contributed by atoms with Gasteiger partial charge in [0.1, 0.15) is 11.4 Å². The molecule has 0 saturated heterocycles. The largest absolute Gasteiger partial charge is 0.296 e. The fourth-order valence-electron chi connectivity index (χ4n) is 2.22. The number of hydrogen-bond donors (Lipinski definition) is 0. The van der Waals surface area contributed by atoms with Gasteiger partial charge >= 0.3 is 0 Å². The average molecular weight is 262 g/mol. The molecular formula is C17H14N2O. The SMILES string of the molecule is Cc1cc2nc(C=O)c(-c3ccccc3)nc2cc1C. The van der Waals surface area contributed by atoms with E-state index in [0.717, 1.165) is 28.4 Å². The molecule has 0 aliphatic carbocycles. The summed E-state index contributed by atoms with van der Waals surface area (Å²) < 4.78 is 0. The van der Waals surface area contributed by atoms with Crippen LogP contribution in [0.25, 0.3) is 22.3 Å². The van der Waals surface area contributed by atoms with Gasteiger partial charge in [0.2, 0.25) is 0 Å². The Hall–Kier alpha value is -2.55. The van der Waals surface area contributed by atoms with Gasteiger partial charge in [-0.05, 0) is 37.1 Å². The predicted octanol–water partition coefficient (Wildman–Crippen LogP) is 3.73. The van der Waals surface area contributed by atoms with Crippen LogP contribution >= 0.6 is 0 Å². The van der Waals surface area contributed by atoms with Crippen molar-refractivity contribution in [2.24, 2.45) is 0 Å². The normalized spacial score (nSPS) is 10.7. The smallest absolute Gasteiger partial charge is 0.170 e. The van der Waals surface area contributed by atoms with Gasteiger partial charge in [0.15, 0.2) is 6.29 Å². The number of aldehydes is 1. The molecule has 3 heteroatoms. The minimum Gasteiger partial charge on any atom is -0.296 e. The Bertz CT molecular complexity index is 795. The first-order valence-corrected chi connectivity index (χ1v) is 6.48. The van der Waals surface area contributed by atoms with Crippen LogP contribution in [0.1, 0.15) is 21.6 Å². The maximum atomic E-state index is 11.3. The van der Waals surface area contributed by atoms with Crippen LogP contribution in [-0.2, 0) is 0 Å². The molecule has 1 aromatic heterocycles. The molecule has 0 saturated carbocycles. The Morgan fingerprint density at radius 3 is 2.10 bits per heavy atom. The highest BCUT2D eigenvalue weighted by Gasteiger charge is 2.11. The van der Waals surface area contributed by atoms with Gasteiger partial charge < -0.3 is 0 Å². The second kappa shape index (κ2) is 4.85. The molecule has 98 valence electrons. The summed E-state index contributed by atoms with van der Waals surface area (Å²) in [7, 11) is 0. The van der Waals surface area contributed by atoms with E-state index in [9.17, 15) is 4.79 Å². The number of carbonyl (C=O) groups excluding carboxylic acids is 1. The van der Waals surface area contributed by atoms with Gasteiger partial charge in [-0.1, -0.05) is 30.3 Å². The van der Waals surface area contributed by atoms with Crippen LogP contribution in [0.4, 0.5) is 0 Å². The Kier molecular flexibility index (Phi) is 3.03. The van der Waals surface area contributed by atoms with E-state index in [1.165, 1.54) is 5.56 Å². The second-order valence-corrected chi connectivity index (χ2v) is 4.87. The average Bonchev–Trinajstić information content (AvgIpc) is 2.48. The van der Waals surface area contributed by atoms with Crippen LogP contribution in [0.5, 0.6) is 0 Å². The molecule has 20 heavy (non-hydrogen) atoms. The molecule has 0 aliphatic rings. The second-order valence-electron chi connectivity index (χ2n) is 4.87. The molecule has 0 bridgehead atoms. The number of fused-ring (bicyclic) bond motifs is 1. The molecule has 0 N–H and O–H groups in total. The highest BCUT2D eigenvalue weighted by molar-refractivity contribution is 5.89. The van der Waals surface area contributed by atoms with Gasteiger partial charge in [0.05, 0.1) is 11.0 Å². The van der Waals surface area contributed by atoms with Crippen molar-refractivity contribution in [3.8, 4) is 11.3 Å². The molecule has 0 aliphatic heterocycles. The minimum atomic E-state index is 0.381. The standard InChI is InChI=1S/C17H14N2O/c1-11-8-14-15(9-12(11)2)19-17(16(10-20)18-14)13-6-4-3-5-7-13/h3-10H,1-2H3. The third-order valence-electron chi connectivity index (χ3n) is 3.47. The zero-order valence-corrected chi connectivity index (χ0v) is 11.4. The van der Waals surface area contributed by atoms with Gasteiger partial charge in [-0.15, -0.1) is 0 Å².